The quantitative estimate of drug-likeness (QED) is 0.735. The molecule has 9 heteroatoms. The third-order valence-electron chi connectivity index (χ3n) is 4.69. The zero-order chi connectivity index (χ0) is 19.0. The molecule has 0 aromatic carbocycles. The maximum atomic E-state index is 12.3. The van der Waals surface area contributed by atoms with E-state index in [4.69, 9.17) is 8.94 Å². The van der Waals surface area contributed by atoms with E-state index in [1.54, 1.807) is 0 Å². The Kier molecular flexibility index (Phi) is 4.79. The first-order valence-corrected chi connectivity index (χ1v) is 9.73. The second kappa shape index (κ2) is 7.24. The van der Waals surface area contributed by atoms with Crippen molar-refractivity contribution in [1.82, 2.24) is 20.0 Å². The first-order valence-electron chi connectivity index (χ1n) is 8.85. The minimum atomic E-state index is -0.356. The van der Waals surface area contributed by atoms with Gasteiger partial charge in [0.15, 0.2) is 5.13 Å². The fourth-order valence-electron chi connectivity index (χ4n) is 3.18. The lowest BCUT2D eigenvalue weighted by atomic mass is 10.2. The number of thiazole rings is 1. The highest BCUT2D eigenvalue weighted by Crippen LogP contribution is 2.22. The first-order chi connectivity index (χ1) is 13.0. The van der Waals surface area contributed by atoms with Crippen LogP contribution in [0, 0.1) is 20.8 Å². The van der Waals surface area contributed by atoms with Gasteiger partial charge in [-0.05, 0) is 20.8 Å². The van der Waals surface area contributed by atoms with Crippen molar-refractivity contribution in [1.29, 1.82) is 0 Å². The topological polar surface area (TPSA) is 97.3 Å². The number of oxazole rings is 1. The Labute approximate surface area is 160 Å². The van der Waals surface area contributed by atoms with Crippen LogP contribution in [0.15, 0.2) is 14.3 Å². The minimum Gasteiger partial charge on any atom is -0.437 e. The van der Waals surface area contributed by atoms with Crippen LogP contribution in [0.2, 0.25) is 0 Å². The molecule has 1 N–H and O–H groups in total. The van der Waals surface area contributed by atoms with Crippen molar-refractivity contribution in [3.63, 3.8) is 0 Å². The molecule has 0 atom stereocenters. The summed E-state index contributed by atoms with van der Waals surface area (Å²) in [6, 6.07) is 0. The number of anilines is 1. The molecule has 8 nitrogen and oxygen atoms in total. The fraction of sp³-hybridized carbons (Fsp3) is 0.444. The van der Waals surface area contributed by atoms with Crippen LogP contribution in [0.5, 0.6) is 0 Å². The van der Waals surface area contributed by atoms with Crippen molar-refractivity contribution in [2.24, 2.45) is 0 Å². The molecule has 0 saturated carbocycles. The summed E-state index contributed by atoms with van der Waals surface area (Å²) >= 11 is 1.38. The number of aromatic nitrogens is 3. The number of hydrogen-bond donors (Lipinski definition) is 1. The maximum Gasteiger partial charge on any atom is 0.313 e. The average molecular weight is 387 g/mol. The summed E-state index contributed by atoms with van der Waals surface area (Å²) < 4.78 is 11.0. The lowest BCUT2D eigenvalue weighted by Gasteiger charge is -2.19. The van der Waals surface area contributed by atoms with Gasteiger partial charge in [0.25, 0.3) is 5.89 Å². The summed E-state index contributed by atoms with van der Waals surface area (Å²) in [5.41, 5.74) is 3.80. The van der Waals surface area contributed by atoms with Crippen molar-refractivity contribution in [2.45, 2.75) is 40.2 Å². The van der Waals surface area contributed by atoms with Crippen molar-refractivity contribution >= 4 is 22.4 Å². The van der Waals surface area contributed by atoms with Gasteiger partial charge in [-0.2, -0.15) is 0 Å². The first kappa shape index (κ1) is 17.9. The van der Waals surface area contributed by atoms with Gasteiger partial charge in [-0.15, -0.1) is 11.3 Å². The smallest absolute Gasteiger partial charge is 0.313 e. The van der Waals surface area contributed by atoms with E-state index < -0.39 is 0 Å². The third kappa shape index (κ3) is 3.79. The Bertz CT molecular complexity index is 929. The lowest BCUT2D eigenvalue weighted by Crippen LogP contribution is -2.26. The molecule has 27 heavy (non-hydrogen) atoms. The summed E-state index contributed by atoms with van der Waals surface area (Å²) in [5.74, 6) is 1.40. The summed E-state index contributed by atoms with van der Waals surface area (Å²) in [6.07, 6.45) is 1.46. The maximum absolute atomic E-state index is 12.3. The van der Waals surface area contributed by atoms with Gasteiger partial charge < -0.3 is 8.94 Å². The molecule has 0 radical (unpaired) electrons. The van der Waals surface area contributed by atoms with Gasteiger partial charge in [0.2, 0.25) is 0 Å². The number of aryl methyl sites for hydroxylation is 3. The zero-order valence-corrected chi connectivity index (χ0v) is 16.4. The Morgan fingerprint density at radius 2 is 2.07 bits per heavy atom. The molecule has 0 saturated heterocycles. The molecule has 0 fully saturated rings. The molecule has 4 rings (SSSR count). The molecule has 0 unspecified atom stereocenters. The van der Waals surface area contributed by atoms with E-state index in [-0.39, 0.29) is 11.8 Å². The van der Waals surface area contributed by atoms with Crippen LogP contribution in [0.25, 0.3) is 0 Å². The number of amides is 1. The van der Waals surface area contributed by atoms with Gasteiger partial charge in [-0.25, -0.2) is 9.97 Å². The SMILES string of the molecule is Cc1csc(NC(=O)c2nc3c(o2)CCN(Cc2c(C)noc2C)CC3)n1. The Morgan fingerprint density at radius 1 is 1.26 bits per heavy atom. The molecule has 142 valence electrons. The number of nitrogens with zero attached hydrogens (tertiary/aromatic N) is 4. The lowest BCUT2D eigenvalue weighted by molar-refractivity contribution is 0.0988. The van der Waals surface area contributed by atoms with Gasteiger partial charge in [-0.3, -0.25) is 15.0 Å². The second-order valence-electron chi connectivity index (χ2n) is 6.72. The predicted octanol–water partition coefficient (Wildman–Crippen LogP) is 2.90. The Hall–Kier alpha value is -2.52. The van der Waals surface area contributed by atoms with Crippen LogP contribution in [0.1, 0.15) is 44.9 Å². The molecule has 1 amide bonds. The van der Waals surface area contributed by atoms with Gasteiger partial charge in [-0.1, -0.05) is 5.16 Å². The molecule has 0 spiro atoms. The highest BCUT2D eigenvalue weighted by Gasteiger charge is 2.24. The Balaban J connectivity index is 1.41. The number of fused-ring (bicyclic) bond motifs is 1. The number of nitrogens with one attached hydrogen (secondary N) is 1. The third-order valence-corrected chi connectivity index (χ3v) is 5.57. The van der Waals surface area contributed by atoms with Crippen molar-refractivity contribution in [3.8, 4) is 0 Å². The van der Waals surface area contributed by atoms with Crippen molar-refractivity contribution in [3.05, 3.63) is 45.4 Å². The van der Waals surface area contributed by atoms with Gasteiger partial charge in [0, 0.05) is 43.4 Å². The highest BCUT2D eigenvalue weighted by atomic mass is 32.1. The monoisotopic (exact) mass is 387 g/mol. The van der Waals surface area contributed by atoms with E-state index in [0.29, 0.717) is 5.13 Å². The van der Waals surface area contributed by atoms with Crippen LogP contribution < -0.4 is 5.32 Å². The number of carbonyl (C=O) groups is 1. The molecule has 3 aromatic heterocycles. The summed E-state index contributed by atoms with van der Waals surface area (Å²) in [7, 11) is 0. The van der Waals surface area contributed by atoms with Crippen LogP contribution in [-0.2, 0) is 19.4 Å². The van der Waals surface area contributed by atoms with Crippen molar-refractivity contribution < 1.29 is 13.7 Å². The predicted molar refractivity (Wildman–Crippen MR) is 100.0 cm³/mol. The molecule has 4 heterocycles. The van der Waals surface area contributed by atoms with Gasteiger partial charge >= 0.3 is 5.91 Å². The van der Waals surface area contributed by atoms with E-state index in [0.717, 1.165) is 66.6 Å². The average Bonchev–Trinajstić information content (AvgIpc) is 3.29. The van der Waals surface area contributed by atoms with E-state index in [1.807, 2.05) is 26.2 Å². The van der Waals surface area contributed by atoms with E-state index in [2.05, 4.69) is 25.3 Å². The summed E-state index contributed by atoms with van der Waals surface area (Å²) in [5, 5.41) is 9.19. The summed E-state index contributed by atoms with van der Waals surface area (Å²) in [4.78, 5) is 23.3. The van der Waals surface area contributed by atoms with Crippen LogP contribution in [-0.4, -0.2) is 39.0 Å². The van der Waals surface area contributed by atoms with Gasteiger partial charge in [0.1, 0.15) is 11.5 Å². The molecule has 1 aliphatic rings. The molecule has 1 aliphatic heterocycles. The number of carbonyl (C=O) groups excluding carboxylic acids is 1. The largest absolute Gasteiger partial charge is 0.437 e. The van der Waals surface area contributed by atoms with Crippen LogP contribution in [0.3, 0.4) is 0 Å². The van der Waals surface area contributed by atoms with Crippen molar-refractivity contribution in [2.75, 3.05) is 18.4 Å². The molecular weight excluding hydrogens is 366 g/mol. The fourth-order valence-corrected chi connectivity index (χ4v) is 3.86. The number of hydrogen-bond acceptors (Lipinski definition) is 8. The van der Waals surface area contributed by atoms with E-state index in [9.17, 15) is 4.79 Å². The van der Waals surface area contributed by atoms with E-state index >= 15 is 0 Å². The van der Waals surface area contributed by atoms with Crippen LogP contribution in [0.4, 0.5) is 5.13 Å². The Morgan fingerprint density at radius 3 is 2.78 bits per heavy atom. The second-order valence-corrected chi connectivity index (χ2v) is 7.57. The highest BCUT2D eigenvalue weighted by molar-refractivity contribution is 7.13. The summed E-state index contributed by atoms with van der Waals surface area (Å²) in [6.45, 7) is 8.25. The van der Waals surface area contributed by atoms with E-state index in [1.165, 1.54) is 11.3 Å². The molecular formula is C18H21N5O3S. The molecule has 3 aromatic rings. The zero-order valence-electron chi connectivity index (χ0n) is 15.5. The van der Waals surface area contributed by atoms with Gasteiger partial charge in [0.05, 0.1) is 17.1 Å². The van der Waals surface area contributed by atoms with Crippen LogP contribution >= 0.6 is 11.3 Å². The molecule has 0 aliphatic carbocycles. The minimum absolute atomic E-state index is 0.104. The standard InChI is InChI=1S/C18H21N5O3S/c1-10-9-27-18(19-10)21-16(24)17-20-14-4-6-23(7-5-15(14)25-17)8-13-11(2)22-26-12(13)3/h9H,4-8H2,1-3H3,(H,19,21,24). The molecule has 0 bridgehead atoms. The number of rotatable bonds is 4. The normalized spacial score (nSPS) is 14.8.